The van der Waals surface area contributed by atoms with Crippen molar-refractivity contribution in [3.8, 4) is 0 Å². The normalized spacial score (nSPS) is 12.2. The quantitative estimate of drug-likeness (QED) is 0.347. The number of rotatable bonds is 5. The minimum Gasteiger partial charge on any atom is -0.434 e. The third-order valence-corrected chi connectivity index (χ3v) is 1.62. The summed E-state index contributed by atoms with van der Waals surface area (Å²) >= 11 is 1.09. The molecule has 0 aliphatic rings. The molecule has 0 spiro atoms. The van der Waals surface area contributed by atoms with Crippen LogP contribution in [0.25, 0.3) is 0 Å². The van der Waals surface area contributed by atoms with Gasteiger partial charge in [-0.1, -0.05) is 18.5 Å². The maximum Gasteiger partial charge on any atom is 0.328 e. The maximum atomic E-state index is 10.9. The predicted molar refractivity (Wildman–Crippen MR) is 45.8 cm³/mol. The first-order valence-electron chi connectivity index (χ1n) is 3.06. The van der Waals surface area contributed by atoms with Crippen LogP contribution in [0.1, 0.15) is 0 Å². The Balaban J connectivity index is 3.80. The van der Waals surface area contributed by atoms with Gasteiger partial charge in [-0.15, -0.1) is 0 Å². The van der Waals surface area contributed by atoms with Gasteiger partial charge in [-0.25, -0.2) is 4.79 Å². The van der Waals surface area contributed by atoms with Crippen molar-refractivity contribution in [2.45, 2.75) is 6.04 Å². The van der Waals surface area contributed by atoms with Crippen molar-refractivity contribution in [1.29, 1.82) is 0 Å². The Bertz CT molecular complexity index is 141. The SMILES string of the molecule is C=COC(=O)[C@H](CSN)NC. The van der Waals surface area contributed by atoms with Crippen molar-refractivity contribution in [3.05, 3.63) is 12.8 Å². The fourth-order valence-corrected chi connectivity index (χ4v) is 1.02. The molecule has 4 nitrogen and oxygen atoms in total. The van der Waals surface area contributed by atoms with E-state index in [0.29, 0.717) is 5.75 Å². The van der Waals surface area contributed by atoms with Crippen molar-refractivity contribution < 1.29 is 9.53 Å². The summed E-state index contributed by atoms with van der Waals surface area (Å²) in [4.78, 5) is 10.9. The van der Waals surface area contributed by atoms with E-state index in [1.807, 2.05) is 0 Å². The van der Waals surface area contributed by atoms with Crippen molar-refractivity contribution in [3.63, 3.8) is 0 Å². The number of esters is 1. The summed E-state index contributed by atoms with van der Waals surface area (Å²) in [7, 11) is 1.67. The Hall–Kier alpha value is -0.520. The second kappa shape index (κ2) is 6.21. The molecule has 0 aliphatic heterocycles. The fourth-order valence-electron chi connectivity index (χ4n) is 0.530. The van der Waals surface area contributed by atoms with E-state index < -0.39 is 0 Å². The van der Waals surface area contributed by atoms with E-state index in [0.717, 1.165) is 18.2 Å². The molecule has 0 saturated heterocycles. The number of likely N-dealkylation sites (N-methyl/N-ethyl adjacent to an activating group) is 1. The van der Waals surface area contributed by atoms with Gasteiger partial charge >= 0.3 is 5.97 Å². The number of nitrogens with two attached hydrogens (primary N) is 1. The van der Waals surface area contributed by atoms with E-state index in [1.165, 1.54) is 0 Å². The molecule has 0 amide bonds. The van der Waals surface area contributed by atoms with Crippen LogP contribution in [0.5, 0.6) is 0 Å². The van der Waals surface area contributed by atoms with Gasteiger partial charge in [-0.05, 0) is 7.05 Å². The molecule has 11 heavy (non-hydrogen) atoms. The van der Waals surface area contributed by atoms with E-state index in [2.05, 4.69) is 16.6 Å². The van der Waals surface area contributed by atoms with E-state index in [9.17, 15) is 4.79 Å². The minimum atomic E-state index is -0.361. The molecule has 0 aromatic carbocycles. The smallest absolute Gasteiger partial charge is 0.328 e. The van der Waals surface area contributed by atoms with Crippen molar-refractivity contribution in [2.75, 3.05) is 12.8 Å². The molecule has 0 saturated carbocycles. The second-order valence-corrected chi connectivity index (χ2v) is 2.44. The number of ether oxygens (including phenoxy) is 1. The molecule has 0 aromatic rings. The number of carbonyl (C=O) groups is 1. The lowest BCUT2D eigenvalue weighted by Gasteiger charge is -2.10. The molecule has 64 valence electrons. The summed E-state index contributed by atoms with van der Waals surface area (Å²) in [5.74, 6) is 0.129. The fraction of sp³-hybridized carbons (Fsp3) is 0.500. The Kier molecular flexibility index (Phi) is 5.91. The van der Waals surface area contributed by atoms with Crippen LogP contribution in [0.3, 0.4) is 0 Å². The lowest BCUT2D eigenvalue weighted by Crippen LogP contribution is -2.37. The van der Waals surface area contributed by atoms with Crippen LogP contribution >= 0.6 is 11.9 Å². The zero-order valence-corrected chi connectivity index (χ0v) is 7.19. The lowest BCUT2D eigenvalue weighted by atomic mass is 10.3. The Morgan fingerprint density at radius 3 is 3.00 bits per heavy atom. The molecule has 0 aromatic heterocycles. The molecule has 0 unspecified atom stereocenters. The largest absolute Gasteiger partial charge is 0.434 e. The highest BCUT2D eigenvalue weighted by atomic mass is 32.2. The van der Waals surface area contributed by atoms with Gasteiger partial charge in [0.05, 0.1) is 6.26 Å². The number of hydrogen-bond donors (Lipinski definition) is 2. The van der Waals surface area contributed by atoms with Gasteiger partial charge in [0, 0.05) is 5.75 Å². The number of hydrogen-bond acceptors (Lipinski definition) is 5. The average Bonchev–Trinajstić information content (AvgIpc) is 2.00. The van der Waals surface area contributed by atoms with Gasteiger partial charge in [0.25, 0.3) is 0 Å². The molecule has 1 atom stereocenters. The predicted octanol–water partition coefficient (Wildman–Crippen LogP) is -0.132. The highest BCUT2D eigenvalue weighted by Gasteiger charge is 2.15. The summed E-state index contributed by atoms with van der Waals surface area (Å²) in [6.07, 6.45) is 1.11. The van der Waals surface area contributed by atoms with Gasteiger partial charge in [-0.3, -0.25) is 5.14 Å². The van der Waals surface area contributed by atoms with Gasteiger partial charge < -0.3 is 10.1 Å². The van der Waals surface area contributed by atoms with Gasteiger partial charge in [0.1, 0.15) is 6.04 Å². The van der Waals surface area contributed by atoms with E-state index in [-0.39, 0.29) is 12.0 Å². The molecule has 0 fully saturated rings. The Morgan fingerprint density at radius 1 is 2.00 bits per heavy atom. The highest BCUT2D eigenvalue weighted by Crippen LogP contribution is 1.95. The second-order valence-electron chi connectivity index (χ2n) is 1.78. The van der Waals surface area contributed by atoms with E-state index >= 15 is 0 Å². The third-order valence-electron chi connectivity index (χ3n) is 1.10. The molecular weight excluding hydrogens is 164 g/mol. The van der Waals surface area contributed by atoms with Crippen molar-refractivity contribution in [1.82, 2.24) is 5.32 Å². The lowest BCUT2D eigenvalue weighted by molar-refractivity contribution is -0.139. The third kappa shape index (κ3) is 4.02. The first-order valence-corrected chi connectivity index (χ1v) is 4.11. The molecule has 5 heteroatoms. The van der Waals surface area contributed by atoms with Crippen molar-refractivity contribution in [2.24, 2.45) is 5.14 Å². The summed E-state index contributed by atoms with van der Waals surface area (Å²) in [5, 5.41) is 7.95. The van der Waals surface area contributed by atoms with Crippen LogP contribution in [-0.4, -0.2) is 24.8 Å². The summed E-state index contributed by atoms with van der Waals surface area (Å²) in [6.45, 7) is 3.27. The first-order chi connectivity index (χ1) is 5.26. The summed E-state index contributed by atoms with van der Waals surface area (Å²) in [5.41, 5.74) is 0. The number of nitrogens with one attached hydrogen (secondary N) is 1. The van der Waals surface area contributed by atoms with Crippen LogP contribution in [0.2, 0.25) is 0 Å². The Labute approximate surface area is 70.3 Å². The van der Waals surface area contributed by atoms with Gasteiger partial charge in [0.2, 0.25) is 0 Å². The van der Waals surface area contributed by atoms with E-state index in [1.54, 1.807) is 7.05 Å². The maximum absolute atomic E-state index is 10.9. The molecule has 0 rings (SSSR count). The van der Waals surface area contributed by atoms with E-state index in [4.69, 9.17) is 5.14 Å². The summed E-state index contributed by atoms with van der Waals surface area (Å²) < 4.78 is 4.54. The standard InChI is InChI=1S/C6H12N2O2S/c1-3-10-6(9)5(8-2)4-11-7/h3,5,8H,1,4,7H2,2H3/t5-/m0/s1. The topological polar surface area (TPSA) is 64.3 Å². The Morgan fingerprint density at radius 2 is 2.64 bits per heavy atom. The number of carbonyl (C=O) groups excluding carboxylic acids is 1. The minimum absolute atomic E-state index is 0.358. The van der Waals surface area contributed by atoms with Crippen LogP contribution in [0.15, 0.2) is 12.8 Å². The van der Waals surface area contributed by atoms with Gasteiger partial charge in [0.15, 0.2) is 0 Å². The molecule has 0 radical (unpaired) electrons. The molecular formula is C6H12N2O2S. The zero-order chi connectivity index (χ0) is 8.69. The van der Waals surface area contributed by atoms with Gasteiger partial charge in [-0.2, -0.15) is 0 Å². The van der Waals surface area contributed by atoms with Crippen LogP contribution in [0, 0.1) is 0 Å². The molecule has 0 heterocycles. The van der Waals surface area contributed by atoms with Crippen LogP contribution in [0.4, 0.5) is 0 Å². The molecule has 3 N–H and O–H groups in total. The molecule has 0 bridgehead atoms. The molecule has 0 aliphatic carbocycles. The monoisotopic (exact) mass is 176 g/mol. The summed E-state index contributed by atoms with van der Waals surface area (Å²) in [6, 6.07) is -0.358. The van der Waals surface area contributed by atoms with Crippen molar-refractivity contribution >= 4 is 17.9 Å². The average molecular weight is 176 g/mol. The van der Waals surface area contributed by atoms with Crippen LogP contribution < -0.4 is 10.5 Å². The highest BCUT2D eigenvalue weighted by molar-refractivity contribution is 7.97. The zero-order valence-electron chi connectivity index (χ0n) is 6.37. The first kappa shape index (κ1) is 10.5. The van der Waals surface area contributed by atoms with Crippen LogP contribution in [-0.2, 0) is 9.53 Å².